The van der Waals surface area contributed by atoms with E-state index in [0.29, 0.717) is 22.2 Å². The summed E-state index contributed by atoms with van der Waals surface area (Å²) in [5.41, 5.74) is 1.60. The smallest absolute Gasteiger partial charge is 0.326 e. The predicted molar refractivity (Wildman–Crippen MR) is 72.8 cm³/mol. The number of nitriles is 1. The van der Waals surface area contributed by atoms with Crippen molar-refractivity contribution < 1.29 is 13.2 Å². The molecule has 3 aromatic rings. The normalized spacial score (nSPS) is 11.5. The Kier molecular flexibility index (Phi) is 3.15. The zero-order chi connectivity index (χ0) is 14.9. The van der Waals surface area contributed by atoms with Crippen LogP contribution in [0.4, 0.5) is 8.78 Å². The zero-order valence-corrected chi connectivity index (χ0v) is 10.9. The fourth-order valence-corrected chi connectivity index (χ4v) is 2.06. The first-order chi connectivity index (χ1) is 10.1. The maximum Gasteiger partial charge on any atom is 0.326 e. The van der Waals surface area contributed by atoms with Crippen LogP contribution < -0.4 is 0 Å². The average molecular weight is 284 g/mol. The number of hydrogen-bond acceptors (Lipinski definition) is 3. The molecule has 0 aliphatic heterocycles. The summed E-state index contributed by atoms with van der Waals surface area (Å²) in [5.74, 6) is -3.79. The van der Waals surface area contributed by atoms with Crippen molar-refractivity contribution in [3.05, 3.63) is 65.5 Å². The Morgan fingerprint density at radius 3 is 2.48 bits per heavy atom. The lowest BCUT2D eigenvalue weighted by atomic mass is 10.1. The molecule has 0 saturated carbocycles. The molecule has 5 heteroatoms. The lowest BCUT2D eigenvalue weighted by Gasteiger charge is -2.12. The van der Waals surface area contributed by atoms with E-state index in [1.807, 2.05) is 6.07 Å². The summed E-state index contributed by atoms with van der Waals surface area (Å²) in [6, 6.07) is 14.6. The molecule has 1 heterocycles. The number of halogens is 2. The number of para-hydroxylation sites is 2. The topological polar surface area (TPSA) is 49.8 Å². The van der Waals surface area contributed by atoms with Gasteiger partial charge in [0.15, 0.2) is 5.58 Å². The molecular weight excluding hydrogens is 274 g/mol. The third kappa shape index (κ3) is 2.61. The molecule has 0 N–H and O–H groups in total. The quantitative estimate of drug-likeness (QED) is 0.729. The van der Waals surface area contributed by atoms with Crippen LogP contribution >= 0.6 is 0 Å². The molecule has 0 amide bonds. The van der Waals surface area contributed by atoms with Gasteiger partial charge in [-0.25, -0.2) is 4.98 Å². The van der Waals surface area contributed by atoms with Crippen LogP contribution in [0.2, 0.25) is 0 Å². The van der Waals surface area contributed by atoms with Crippen molar-refractivity contribution in [3.63, 3.8) is 0 Å². The molecule has 0 aliphatic carbocycles. The minimum Gasteiger partial charge on any atom is -0.435 e. The number of hydrogen-bond donors (Lipinski definition) is 0. The van der Waals surface area contributed by atoms with Crippen molar-refractivity contribution >= 4 is 11.1 Å². The standard InChI is InChI=1S/C16H10F2N2O/c17-16(18,9-11-5-7-12(10-19)8-6-11)15-20-13-3-1-2-4-14(13)21-15/h1-8H,9H2. The van der Waals surface area contributed by atoms with Crippen molar-refractivity contribution in [1.82, 2.24) is 4.98 Å². The predicted octanol–water partition coefficient (Wildman–Crippen LogP) is 4.03. The summed E-state index contributed by atoms with van der Waals surface area (Å²) < 4.78 is 33.6. The summed E-state index contributed by atoms with van der Waals surface area (Å²) in [5, 5.41) is 8.70. The SMILES string of the molecule is N#Cc1ccc(CC(F)(F)c2nc3ccccc3o2)cc1. The molecule has 21 heavy (non-hydrogen) atoms. The van der Waals surface area contributed by atoms with E-state index in [1.165, 1.54) is 24.3 Å². The highest BCUT2D eigenvalue weighted by molar-refractivity contribution is 5.72. The van der Waals surface area contributed by atoms with Crippen molar-refractivity contribution in [2.45, 2.75) is 12.3 Å². The zero-order valence-electron chi connectivity index (χ0n) is 10.9. The first kappa shape index (κ1) is 13.3. The summed E-state index contributed by atoms with van der Waals surface area (Å²) in [6.45, 7) is 0. The van der Waals surface area contributed by atoms with Gasteiger partial charge >= 0.3 is 5.92 Å². The Morgan fingerprint density at radius 2 is 1.81 bits per heavy atom. The van der Waals surface area contributed by atoms with E-state index >= 15 is 0 Å². The van der Waals surface area contributed by atoms with Gasteiger partial charge in [0.25, 0.3) is 5.89 Å². The monoisotopic (exact) mass is 284 g/mol. The largest absolute Gasteiger partial charge is 0.435 e. The highest BCUT2D eigenvalue weighted by atomic mass is 19.3. The molecule has 0 bridgehead atoms. The highest BCUT2D eigenvalue weighted by Crippen LogP contribution is 2.33. The van der Waals surface area contributed by atoms with Crippen LogP contribution in [0.1, 0.15) is 17.0 Å². The third-order valence-corrected chi connectivity index (χ3v) is 3.12. The van der Waals surface area contributed by atoms with Crippen LogP contribution in [0.5, 0.6) is 0 Å². The molecule has 0 aliphatic rings. The first-order valence-corrected chi connectivity index (χ1v) is 6.31. The Labute approximate surface area is 119 Å². The van der Waals surface area contributed by atoms with Crippen LogP contribution in [-0.4, -0.2) is 4.98 Å². The summed E-state index contributed by atoms with van der Waals surface area (Å²) in [7, 11) is 0. The second-order valence-electron chi connectivity index (χ2n) is 4.68. The van der Waals surface area contributed by atoms with Crippen LogP contribution in [0.25, 0.3) is 11.1 Å². The summed E-state index contributed by atoms with van der Waals surface area (Å²) in [6.07, 6.45) is -0.522. The van der Waals surface area contributed by atoms with E-state index in [0.717, 1.165) is 0 Å². The maximum absolute atomic E-state index is 14.2. The number of nitrogens with zero attached hydrogens (tertiary/aromatic N) is 2. The summed E-state index contributed by atoms with van der Waals surface area (Å²) >= 11 is 0. The third-order valence-electron chi connectivity index (χ3n) is 3.12. The number of oxazole rings is 1. The van der Waals surface area contributed by atoms with Gasteiger partial charge in [0.1, 0.15) is 5.52 Å². The van der Waals surface area contributed by atoms with E-state index in [1.54, 1.807) is 24.3 Å². The van der Waals surface area contributed by atoms with Crippen molar-refractivity contribution in [2.75, 3.05) is 0 Å². The van der Waals surface area contributed by atoms with Gasteiger partial charge in [0, 0.05) is 6.42 Å². The molecule has 2 aromatic carbocycles. The Balaban J connectivity index is 1.90. The lowest BCUT2D eigenvalue weighted by molar-refractivity contribution is -0.0293. The van der Waals surface area contributed by atoms with Crippen LogP contribution in [0.3, 0.4) is 0 Å². The molecule has 104 valence electrons. The van der Waals surface area contributed by atoms with Gasteiger partial charge in [-0.1, -0.05) is 24.3 Å². The van der Waals surface area contributed by atoms with Crippen molar-refractivity contribution in [3.8, 4) is 6.07 Å². The van der Waals surface area contributed by atoms with Crippen LogP contribution in [-0.2, 0) is 12.3 Å². The number of aromatic nitrogens is 1. The molecule has 0 fully saturated rings. The second kappa shape index (κ2) is 4.98. The molecule has 0 unspecified atom stereocenters. The minimum absolute atomic E-state index is 0.340. The van der Waals surface area contributed by atoms with Gasteiger partial charge in [0.05, 0.1) is 11.6 Å². The van der Waals surface area contributed by atoms with Crippen LogP contribution in [0, 0.1) is 11.3 Å². The highest BCUT2D eigenvalue weighted by Gasteiger charge is 2.37. The van der Waals surface area contributed by atoms with E-state index in [9.17, 15) is 8.78 Å². The van der Waals surface area contributed by atoms with Crippen molar-refractivity contribution in [2.24, 2.45) is 0 Å². The lowest BCUT2D eigenvalue weighted by Crippen LogP contribution is -2.17. The molecule has 3 nitrogen and oxygen atoms in total. The number of benzene rings is 2. The molecule has 0 saturated heterocycles. The van der Waals surface area contributed by atoms with Gasteiger partial charge in [-0.2, -0.15) is 14.0 Å². The average Bonchev–Trinajstić information content (AvgIpc) is 2.92. The first-order valence-electron chi connectivity index (χ1n) is 6.31. The van der Waals surface area contributed by atoms with Gasteiger partial charge in [-0.05, 0) is 29.8 Å². The molecule has 0 atom stereocenters. The Bertz CT molecular complexity index is 783. The van der Waals surface area contributed by atoms with E-state index in [2.05, 4.69) is 4.98 Å². The van der Waals surface area contributed by atoms with Gasteiger partial charge in [0.2, 0.25) is 0 Å². The number of fused-ring (bicyclic) bond motifs is 1. The fraction of sp³-hybridized carbons (Fsp3) is 0.125. The van der Waals surface area contributed by atoms with E-state index in [-0.39, 0.29) is 0 Å². The van der Waals surface area contributed by atoms with Gasteiger partial charge in [-0.15, -0.1) is 0 Å². The molecule has 0 spiro atoms. The van der Waals surface area contributed by atoms with Crippen LogP contribution in [0.15, 0.2) is 52.9 Å². The van der Waals surface area contributed by atoms with Gasteiger partial charge < -0.3 is 4.42 Å². The number of rotatable bonds is 3. The fourth-order valence-electron chi connectivity index (χ4n) is 2.06. The summed E-state index contributed by atoms with van der Waals surface area (Å²) in [4.78, 5) is 3.85. The van der Waals surface area contributed by atoms with Crippen molar-refractivity contribution in [1.29, 1.82) is 5.26 Å². The Hall–Kier alpha value is -2.74. The molecule has 1 aromatic heterocycles. The van der Waals surface area contributed by atoms with Gasteiger partial charge in [-0.3, -0.25) is 0 Å². The number of alkyl halides is 2. The maximum atomic E-state index is 14.2. The second-order valence-corrected chi connectivity index (χ2v) is 4.68. The molecule has 3 rings (SSSR count). The van der Waals surface area contributed by atoms with E-state index < -0.39 is 18.2 Å². The molecule has 0 radical (unpaired) electrons. The molecular formula is C16H10F2N2O. The Morgan fingerprint density at radius 1 is 1.10 bits per heavy atom. The minimum atomic E-state index is -3.20. The van der Waals surface area contributed by atoms with E-state index in [4.69, 9.17) is 9.68 Å².